The first-order chi connectivity index (χ1) is 12.2. The zero-order valence-corrected chi connectivity index (χ0v) is 14.4. The quantitative estimate of drug-likeness (QED) is 0.762. The Labute approximate surface area is 150 Å². The number of oxazole rings is 1. The number of fused-ring (bicyclic) bond motifs is 1. The van der Waals surface area contributed by atoms with Crippen LogP contribution in [0.4, 0.5) is 6.01 Å². The predicted molar refractivity (Wildman–Crippen MR) is 96.6 cm³/mol. The van der Waals surface area contributed by atoms with Crippen LogP contribution in [-0.4, -0.2) is 35.6 Å². The van der Waals surface area contributed by atoms with Gasteiger partial charge in [-0.2, -0.15) is 10.2 Å². The average Bonchev–Trinajstić information content (AvgIpc) is 3.05. The lowest BCUT2D eigenvalue weighted by Crippen LogP contribution is -2.50. The summed E-state index contributed by atoms with van der Waals surface area (Å²) in [4.78, 5) is 11.1. The molecule has 0 bridgehead atoms. The van der Waals surface area contributed by atoms with Crippen LogP contribution in [-0.2, 0) is 0 Å². The third-order valence-corrected chi connectivity index (χ3v) is 4.59. The Morgan fingerprint density at radius 2 is 2.32 bits per heavy atom. The van der Waals surface area contributed by atoms with E-state index in [-0.39, 0.29) is 6.04 Å². The number of benzene rings is 1. The van der Waals surface area contributed by atoms with Crippen LogP contribution in [0.2, 0.25) is 5.02 Å². The summed E-state index contributed by atoms with van der Waals surface area (Å²) in [7, 11) is 0. The SMILES string of the molecule is C[C@H]1CNCCN1c1nc2cc(Cl)cc(-c3ncccc3C#N)c2o1. The molecule has 3 aromatic rings. The maximum absolute atomic E-state index is 9.38. The van der Waals surface area contributed by atoms with Crippen LogP contribution in [0.5, 0.6) is 0 Å². The van der Waals surface area contributed by atoms with Crippen molar-refractivity contribution < 1.29 is 4.42 Å². The highest BCUT2D eigenvalue weighted by molar-refractivity contribution is 6.31. The molecule has 0 aliphatic carbocycles. The molecular formula is C18H16ClN5O. The van der Waals surface area contributed by atoms with Crippen molar-refractivity contribution in [2.24, 2.45) is 0 Å². The molecule has 4 rings (SSSR count). The molecule has 2 aromatic heterocycles. The summed E-state index contributed by atoms with van der Waals surface area (Å²) in [5.41, 5.74) is 2.97. The molecular weight excluding hydrogens is 338 g/mol. The maximum Gasteiger partial charge on any atom is 0.298 e. The minimum atomic E-state index is 0.283. The van der Waals surface area contributed by atoms with Gasteiger partial charge in [-0.15, -0.1) is 0 Å². The highest BCUT2D eigenvalue weighted by Gasteiger charge is 2.24. The van der Waals surface area contributed by atoms with E-state index in [1.807, 2.05) is 0 Å². The van der Waals surface area contributed by atoms with Crippen LogP contribution < -0.4 is 10.2 Å². The van der Waals surface area contributed by atoms with E-state index in [0.29, 0.717) is 39.0 Å². The molecule has 1 aliphatic rings. The van der Waals surface area contributed by atoms with Gasteiger partial charge in [-0.25, -0.2) is 0 Å². The Morgan fingerprint density at radius 1 is 1.44 bits per heavy atom. The van der Waals surface area contributed by atoms with Crippen LogP contribution in [0.15, 0.2) is 34.9 Å². The Bertz CT molecular complexity index is 977. The van der Waals surface area contributed by atoms with E-state index in [4.69, 9.17) is 16.0 Å². The molecule has 1 N–H and O–H groups in total. The van der Waals surface area contributed by atoms with Gasteiger partial charge < -0.3 is 14.6 Å². The molecule has 0 radical (unpaired) electrons. The molecule has 0 unspecified atom stereocenters. The first-order valence-corrected chi connectivity index (χ1v) is 8.48. The lowest BCUT2D eigenvalue weighted by Gasteiger charge is -2.32. The van der Waals surface area contributed by atoms with Crippen molar-refractivity contribution in [1.82, 2.24) is 15.3 Å². The zero-order valence-electron chi connectivity index (χ0n) is 13.7. The van der Waals surface area contributed by atoms with Crippen molar-refractivity contribution in [1.29, 1.82) is 5.26 Å². The Balaban J connectivity index is 1.89. The number of piperazine rings is 1. The van der Waals surface area contributed by atoms with E-state index in [1.165, 1.54) is 0 Å². The number of nitrogens with one attached hydrogen (secondary N) is 1. The van der Waals surface area contributed by atoms with Gasteiger partial charge >= 0.3 is 0 Å². The van der Waals surface area contributed by atoms with Crippen LogP contribution in [0, 0.1) is 11.3 Å². The molecule has 1 aliphatic heterocycles. The third kappa shape index (κ3) is 2.82. The van der Waals surface area contributed by atoms with Gasteiger partial charge in [0.05, 0.1) is 11.3 Å². The number of rotatable bonds is 2. The number of nitrogens with zero attached hydrogens (tertiary/aromatic N) is 4. The van der Waals surface area contributed by atoms with Crippen molar-refractivity contribution >= 4 is 28.7 Å². The highest BCUT2D eigenvalue weighted by Crippen LogP contribution is 2.35. The molecule has 0 saturated carbocycles. The number of anilines is 1. The largest absolute Gasteiger partial charge is 0.423 e. The van der Waals surface area contributed by atoms with Crippen LogP contribution in [0.3, 0.4) is 0 Å². The standard InChI is InChI=1S/C18H16ClN5O/c1-11-10-21-5-6-24(11)18-23-15-8-13(19)7-14(17(15)25-18)16-12(9-20)3-2-4-22-16/h2-4,7-8,11,21H,5-6,10H2,1H3/t11-/m0/s1. The lowest BCUT2D eigenvalue weighted by atomic mass is 10.1. The fourth-order valence-corrected chi connectivity index (χ4v) is 3.33. The topological polar surface area (TPSA) is 78.0 Å². The van der Waals surface area contributed by atoms with Gasteiger partial charge in [0.25, 0.3) is 6.01 Å². The summed E-state index contributed by atoms with van der Waals surface area (Å²) in [6.07, 6.45) is 1.65. The molecule has 0 amide bonds. The summed E-state index contributed by atoms with van der Waals surface area (Å²) in [5, 5.41) is 13.3. The number of nitriles is 1. The van der Waals surface area contributed by atoms with E-state index in [0.717, 1.165) is 19.6 Å². The second-order valence-corrected chi connectivity index (χ2v) is 6.49. The molecule has 126 valence electrons. The number of hydrogen-bond donors (Lipinski definition) is 1. The summed E-state index contributed by atoms with van der Waals surface area (Å²) < 4.78 is 6.10. The van der Waals surface area contributed by atoms with Gasteiger partial charge in [-0.3, -0.25) is 4.98 Å². The van der Waals surface area contributed by atoms with Crippen LogP contribution in [0.1, 0.15) is 12.5 Å². The number of pyridine rings is 1. The minimum Gasteiger partial charge on any atom is -0.423 e. The number of halogens is 1. The fraction of sp³-hybridized carbons (Fsp3) is 0.278. The van der Waals surface area contributed by atoms with Gasteiger partial charge in [0.2, 0.25) is 0 Å². The molecule has 1 aromatic carbocycles. The molecule has 1 saturated heterocycles. The fourth-order valence-electron chi connectivity index (χ4n) is 3.12. The Kier molecular flexibility index (Phi) is 4.04. The molecule has 1 fully saturated rings. The number of hydrogen-bond acceptors (Lipinski definition) is 6. The van der Waals surface area contributed by atoms with Crippen molar-refractivity contribution in [3.05, 3.63) is 41.0 Å². The van der Waals surface area contributed by atoms with E-state index in [9.17, 15) is 5.26 Å². The first kappa shape index (κ1) is 15.9. The van der Waals surface area contributed by atoms with Gasteiger partial charge in [0, 0.05) is 42.5 Å². The summed E-state index contributed by atoms with van der Waals surface area (Å²) >= 11 is 6.28. The van der Waals surface area contributed by atoms with Gasteiger partial charge in [-0.05, 0) is 31.2 Å². The van der Waals surface area contributed by atoms with Crippen LogP contribution in [0.25, 0.3) is 22.4 Å². The second-order valence-electron chi connectivity index (χ2n) is 6.06. The first-order valence-electron chi connectivity index (χ1n) is 8.10. The second kappa shape index (κ2) is 6.36. The van der Waals surface area contributed by atoms with Crippen molar-refractivity contribution in [2.45, 2.75) is 13.0 Å². The smallest absolute Gasteiger partial charge is 0.298 e. The van der Waals surface area contributed by atoms with E-state index in [2.05, 4.69) is 33.2 Å². The molecule has 7 heteroatoms. The van der Waals surface area contributed by atoms with Gasteiger partial charge in [0.15, 0.2) is 5.58 Å². The van der Waals surface area contributed by atoms with Crippen molar-refractivity contribution in [3.63, 3.8) is 0 Å². The minimum absolute atomic E-state index is 0.283. The van der Waals surface area contributed by atoms with E-state index >= 15 is 0 Å². The maximum atomic E-state index is 9.38. The van der Waals surface area contributed by atoms with Crippen molar-refractivity contribution in [3.8, 4) is 17.3 Å². The Morgan fingerprint density at radius 3 is 3.12 bits per heavy atom. The molecule has 6 nitrogen and oxygen atoms in total. The monoisotopic (exact) mass is 353 g/mol. The summed E-state index contributed by atoms with van der Waals surface area (Å²) in [6, 6.07) is 10.0. The average molecular weight is 354 g/mol. The predicted octanol–water partition coefficient (Wildman–Crippen LogP) is 3.21. The van der Waals surface area contributed by atoms with E-state index in [1.54, 1.807) is 30.5 Å². The Hall–Kier alpha value is -2.62. The lowest BCUT2D eigenvalue weighted by molar-refractivity contribution is 0.456. The summed E-state index contributed by atoms with van der Waals surface area (Å²) in [5.74, 6) is 0. The highest BCUT2D eigenvalue weighted by atomic mass is 35.5. The van der Waals surface area contributed by atoms with E-state index < -0.39 is 0 Å². The van der Waals surface area contributed by atoms with Crippen molar-refractivity contribution in [2.75, 3.05) is 24.5 Å². The molecule has 1 atom stereocenters. The third-order valence-electron chi connectivity index (χ3n) is 4.37. The normalized spacial score (nSPS) is 17.6. The van der Waals surface area contributed by atoms with Gasteiger partial charge in [-0.1, -0.05) is 11.6 Å². The zero-order chi connectivity index (χ0) is 17.4. The molecule has 25 heavy (non-hydrogen) atoms. The number of aromatic nitrogens is 2. The van der Waals surface area contributed by atoms with Crippen LogP contribution >= 0.6 is 11.6 Å². The van der Waals surface area contributed by atoms with Gasteiger partial charge in [0.1, 0.15) is 11.6 Å². The summed E-state index contributed by atoms with van der Waals surface area (Å²) in [6.45, 7) is 4.71. The molecule has 3 heterocycles. The molecule has 0 spiro atoms.